The van der Waals surface area contributed by atoms with E-state index in [1.165, 1.54) is 0 Å². The molecule has 0 aromatic heterocycles. The molecule has 2 aliphatic rings. The van der Waals surface area contributed by atoms with Crippen molar-refractivity contribution in [2.24, 2.45) is 16.1 Å². The van der Waals surface area contributed by atoms with Crippen LogP contribution >= 0.6 is 0 Å². The summed E-state index contributed by atoms with van der Waals surface area (Å²) >= 11 is 0. The fourth-order valence-electron chi connectivity index (χ4n) is 3.60. The van der Waals surface area contributed by atoms with Crippen LogP contribution in [0.5, 0.6) is 0 Å². The summed E-state index contributed by atoms with van der Waals surface area (Å²) < 4.78 is 73.4. The molecule has 0 radical (unpaired) electrons. The van der Waals surface area contributed by atoms with Gasteiger partial charge in [-0.15, -0.1) is 10.2 Å². The largest absolute Gasteiger partial charge is 0.442 e. The van der Waals surface area contributed by atoms with E-state index in [0.717, 1.165) is 36.2 Å². The van der Waals surface area contributed by atoms with Gasteiger partial charge in [0.2, 0.25) is 10.0 Å². The average Bonchev–Trinajstić information content (AvgIpc) is 3.40. The SMILES string of the molecule is O=S(=O)(NC(CC1CCOC1)c1ccccc1)c1ccc(C2(C(F)(F)F)N=N2)cc1. The summed E-state index contributed by atoms with van der Waals surface area (Å²) in [5.41, 5.74) is -1.97. The molecule has 1 saturated heterocycles. The number of nitrogens with one attached hydrogen (secondary N) is 1. The van der Waals surface area contributed by atoms with E-state index in [9.17, 15) is 21.6 Å². The molecule has 160 valence electrons. The third-order valence-electron chi connectivity index (χ3n) is 5.35. The first-order valence-corrected chi connectivity index (χ1v) is 11.0. The third-order valence-corrected chi connectivity index (χ3v) is 6.84. The molecule has 0 spiro atoms. The van der Waals surface area contributed by atoms with Crippen LogP contribution in [-0.4, -0.2) is 27.8 Å². The highest BCUT2D eigenvalue weighted by molar-refractivity contribution is 7.89. The van der Waals surface area contributed by atoms with E-state index in [1.54, 1.807) is 0 Å². The molecule has 4 rings (SSSR count). The molecule has 10 heteroatoms. The van der Waals surface area contributed by atoms with Crippen molar-refractivity contribution < 1.29 is 26.3 Å². The van der Waals surface area contributed by atoms with Crippen LogP contribution < -0.4 is 4.72 Å². The molecule has 2 aromatic carbocycles. The van der Waals surface area contributed by atoms with Gasteiger partial charge in [-0.2, -0.15) is 13.2 Å². The first kappa shape index (κ1) is 21.0. The topological polar surface area (TPSA) is 80.1 Å². The van der Waals surface area contributed by atoms with Crippen LogP contribution in [0.1, 0.15) is 30.0 Å². The Morgan fingerprint density at radius 2 is 1.77 bits per heavy atom. The van der Waals surface area contributed by atoms with Gasteiger partial charge in [0.15, 0.2) is 0 Å². The quantitative estimate of drug-likeness (QED) is 0.698. The number of benzene rings is 2. The fourth-order valence-corrected chi connectivity index (χ4v) is 4.84. The number of halogens is 3. The Bertz CT molecular complexity index is 1010. The Morgan fingerprint density at radius 1 is 1.10 bits per heavy atom. The van der Waals surface area contributed by atoms with Crippen molar-refractivity contribution in [3.05, 3.63) is 65.7 Å². The van der Waals surface area contributed by atoms with Gasteiger partial charge in [0.25, 0.3) is 0 Å². The molecular weight excluding hydrogens is 419 g/mol. The van der Waals surface area contributed by atoms with Crippen molar-refractivity contribution in [1.29, 1.82) is 0 Å². The minimum atomic E-state index is -4.66. The number of hydrogen-bond donors (Lipinski definition) is 1. The Balaban J connectivity index is 1.55. The van der Waals surface area contributed by atoms with E-state index in [-0.39, 0.29) is 16.4 Å². The summed E-state index contributed by atoms with van der Waals surface area (Å²) in [5, 5.41) is 6.27. The number of nitrogens with zero attached hydrogens (tertiary/aromatic N) is 2. The van der Waals surface area contributed by atoms with Gasteiger partial charge in [0.05, 0.1) is 4.90 Å². The monoisotopic (exact) mass is 439 g/mol. The third kappa shape index (κ3) is 4.12. The maximum Gasteiger partial charge on any atom is 0.442 e. The summed E-state index contributed by atoms with van der Waals surface area (Å²) in [5.74, 6) is 0.227. The van der Waals surface area contributed by atoms with Gasteiger partial charge in [-0.1, -0.05) is 42.5 Å². The van der Waals surface area contributed by atoms with Gasteiger partial charge >= 0.3 is 11.8 Å². The van der Waals surface area contributed by atoms with Gasteiger partial charge in [-0.25, -0.2) is 13.1 Å². The molecule has 2 aliphatic heterocycles. The lowest BCUT2D eigenvalue weighted by molar-refractivity contribution is -0.166. The summed E-state index contributed by atoms with van der Waals surface area (Å²) in [6.07, 6.45) is -3.24. The van der Waals surface area contributed by atoms with Crippen molar-refractivity contribution in [2.45, 2.75) is 35.6 Å². The molecule has 2 unspecified atom stereocenters. The van der Waals surface area contributed by atoms with Crippen molar-refractivity contribution >= 4 is 10.0 Å². The second-order valence-corrected chi connectivity index (χ2v) is 9.16. The normalized spacial score (nSPS) is 21.5. The Morgan fingerprint density at radius 3 is 2.30 bits per heavy atom. The average molecular weight is 439 g/mol. The maximum atomic E-state index is 13.1. The highest BCUT2D eigenvalue weighted by Crippen LogP contribution is 2.52. The summed E-state index contributed by atoms with van der Waals surface area (Å²) in [7, 11) is -3.96. The Labute approximate surface area is 172 Å². The molecule has 0 amide bonds. The molecule has 0 bridgehead atoms. The van der Waals surface area contributed by atoms with Crippen LogP contribution in [0, 0.1) is 5.92 Å². The summed E-state index contributed by atoms with van der Waals surface area (Å²) in [4.78, 5) is -0.118. The lowest BCUT2D eigenvalue weighted by Gasteiger charge is -2.22. The highest BCUT2D eigenvalue weighted by atomic mass is 32.2. The van der Waals surface area contributed by atoms with Gasteiger partial charge in [-0.05, 0) is 36.5 Å². The van der Waals surface area contributed by atoms with E-state index in [0.29, 0.717) is 19.6 Å². The number of sulfonamides is 1. The number of hydrogen-bond acceptors (Lipinski definition) is 5. The molecule has 2 aromatic rings. The highest BCUT2D eigenvalue weighted by Gasteiger charge is 2.65. The van der Waals surface area contributed by atoms with Gasteiger partial charge in [-0.3, -0.25) is 0 Å². The Hall–Kier alpha value is -2.30. The Kier molecular flexibility index (Phi) is 5.41. The zero-order chi connectivity index (χ0) is 21.4. The van der Waals surface area contributed by atoms with Crippen LogP contribution in [0.25, 0.3) is 0 Å². The number of rotatable bonds is 7. The molecular formula is C20H20F3N3O3S. The van der Waals surface area contributed by atoms with Crippen LogP contribution in [0.15, 0.2) is 69.7 Å². The summed E-state index contributed by atoms with van der Waals surface area (Å²) in [6, 6.07) is 13.2. The second kappa shape index (κ2) is 7.75. The molecule has 6 nitrogen and oxygen atoms in total. The summed E-state index contributed by atoms with van der Waals surface area (Å²) in [6.45, 7) is 1.23. The zero-order valence-electron chi connectivity index (χ0n) is 15.8. The number of ether oxygens (including phenoxy) is 1. The molecule has 0 aliphatic carbocycles. The van der Waals surface area contributed by atoms with Gasteiger partial charge in [0, 0.05) is 24.8 Å². The van der Waals surface area contributed by atoms with Crippen molar-refractivity contribution in [1.82, 2.24) is 4.72 Å². The van der Waals surface area contributed by atoms with E-state index in [4.69, 9.17) is 4.74 Å². The molecule has 2 atom stereocenters. The fraction of sp³-hybridized carbons (Fsp3) is 0.400. The van der Waals surface area contributed by atoms with Crippen LogP contribution in [0.2, 0.25) is 0 Å². The van der Waals surface area contributed by atoms with E-state index in [1.807, 2.05) is 30.3 Å². The van der Waals surface area contributed by atoms with Gasteiger partial charge < -0.3 is 4.74 Å². The van der Waals surface area contributed by atoms with Crippen LogP contribution in [0.4, 0.5) is 13.2 Å². The minimum Gasteiger partial charge on any atom is -0.381 e. The second-order valence-electron chi connectivity index (χ2n) is 7.44. The lowest BCUT2D eigenvalue weighted by Crippen LogP contribution is -2.31. The lowest BCUT2D eigenvalue weighted by atomic mass is 9.95. The number of alkyl halides is 3. The standard InChI is InChI=1S/C20H20F3N3O3S/c21-20(22,23)19(25-26-19)16-6-8-17(9-7-16)30(27,28)24-18(12-14-10-11-29-13-14)15-4-2-1-3-5-15/h1-9,14,18,24H,10-13H2. The first-order chi connectivity index (χ1) is 14.2. The predicted octanol–water partition coefficient (Wildman–Crippen LogP) is 4.31. The predicted molar refractivity (Wildman–Crippen MR) is 102 cm³/mol. The van der Waals surface area contributed by atoms with Gasteiger partial charge in [0.1, 0.15) is 0 Å². The molecule has 0 saturated carbocycles. The maximum absolute atomic E-state index is 13.1. The first-order valence-electron chi connectivity index (χ1n) is 9.48. The van der Waals surface area contributed by atoms with Crippen LogP contribution in [-0.2, 0) is 20.4 Å². The zero-order valence-corrected chi connectivity index (χ0v) is 16.7. The molecule has 2 heterocycles. The molecule has 1 N–H and O–H groups in total. The van der Waals surface area contributed by atoms with Crippen molar-refractivity contribution in [2.75, 3.05) is 13.2 Å². The minimum absolute atomic E-state index is 0.118. The van der Waals surface area contributed by atoms with Crippen LogP contribution in [0.3, 0.4) is 0 Å². The smallest absolute Gasteiger partial charge is 0.381 e. The molecule has 1 fully saturated rings. The molecule has 30 heavy (non-hydrogen) atoms. The van der Waals surface area contributed by atoms with Crippen molar-refractivity contribution in [3.63, 3.8) is 0 Å². The van der Waals surface area contributed by atoms with E-state index >= 15 is 0 Å². The van der Waals surface area contributed by atoms with E-state index in [2.05, 4.69) is 15.0 Å². The van der Waals surface area contributed by atoms with Crippen molar-refractivity contribution in [3.8, 4) is 0 Å². The van der Waals surface area contributed by atoms with E-state index < -0.39 is 27.9 Å².